The van der Waals surface area contributed by atoms with E-state index in [1.807, 2.05) is 0 Å². The first kappa shape index (κ1) is 16.2. The fraction of sp³-hybridized carbons (Fsp3) is 0.500. The molecule has 0 radical (unpaired) electrons. The lowest BCUT2D eigenvalue weighted by Crippen LogP contribution is -2.51. The molecule has 1 aliphatic rings. The molecule has 9 heteroatoms. The van der Waals surface area contributed by atoms with Crippen molar-refractivity contribution in [1.29, 1.82) is 0 Å². The monoisotopic (exact) mass is 326 g/mol. The number of rotatable bonds is 2. The molecule has 2 rings (SSSR count). The summed E-state index contributed by atoms with van der Waals surface area (Å²) >= 11 is 0. The molecular formula is C12H14F4N2O2S. The van der Waals surface area contributed by atoms with Gasteiger partial charge in [0.05, 0.1) is 10.5 Å². The predicted molar refractivity (Wildman–Crippen MR) is 67.6 cm³/mol. The van der Waals surface area contributed by atoms with E-state index in [4.69, 9.17) is 0 Å². The van der Waals surface area contributed by atoms with E-state index in [2.05, 4.69) is 5.32 Å². The van der Waals surface area contributed by atoms with Crippen molar-refractivity contribution in [1.82, 2.24) is 9.62 Å². The van der Waals surface area contributed by atoms with Crippen LogP contribution in [-0.4, -0.2) is 38.4 Å². The van der Waals surface area contributed by atoms with Gasteiger partial charge in [-0.1, -0.05) is 0 Å². The summed E-state index contributed by atoms with van der Waals surface area (Å²) in [4.78, 5) is -0.551. The fourth-order valence-corrected chi connectivity index (χ4v) is 3.70. The lowest BCUT2D eigenvalue weighted by atomic mass is 10.2. The van der Waals surface area contributed by atoms with Gasteiger partial charge < -0.3 is 5.32 Å². The SMILES string of the molecule is CC1CN(S(=O)(=O)c2ccc(F)c(C(F)(F)F)c2)CCN1. The van der Waals surface area contributed by atoms with E-state index in [1.54, 1.807) is 6.92 Å². The van der Waals surface area contributed by atoms with Crippen LogP contribution < -0.4 is 5.32 Å². The summed E-state index contributed by atoms with van der Waals surface area (Å²) in [5.41, 5.74) is -1.58. The van der Waals surface area contributed by atoms with Crippen molar-refractivity contribution in [3.63, 3.8) is 0 Å². The van der Waals surface area contributed by atoms with E-state index in [-0.39, 0.29) is 19.1 Å². The van der Waals surface area contributed by atoms with Crippen LogP contribution in [0.5, 0.6) is 0 Å². The first-order valence-electron chi connectivity index (χ1n) is 6.22. The molecule has 0 saturated carbocycles. The summed E-state index contributed by atoms with van der Waals surface area (Å²) in [6.07, 6.45) is -4.94. The Kier molecular flexibility index (Phi) is 4.27. The Morgan fingerprint density at radius 2 is 2.00 bits per heavy atom. The first-order chi connectivity index (χ1) is 9.62. The first-order valence-corrected chi connectivity index (χ1v) is 7.66. The van der Waals surface area contributed by atoms with E-state index in [1.165, 1.54) is 0 Å². The van der Waals surface area contributed by atoms with Crippen LogP contribution in [0.4, 0.5) is 17.6 Å². The summed E-state index contributed by atoms with van der Waals surface area (Å²) in [6.45, 7) is 2.49. The minimum atomic E-state index is -4.94. The van der Waals surface area contributed by atoms with E-state index < -0.39 is 32.5 Å². The van der Waals surface area contributed by atoms with Gasteiger partial charge in [-0.25, -0.2) is 12.8 Å². The largest absolute Gasteiger partial charge is 0.419 e. The molecule has 0 bridgehead atoms. The third-order valence-electron chi connectivity index (χ3n) is 3.21. The summed E-state index contributed by atoms with van der Waals surface area (Å²) in [7, 11) is -4.07. The average molecular weight is 326 g/mol. The zero-order valence-electron chi connectivity index (χ0n) is 11.1. The Morgan fingerprint density at radius 1 is 1.33 bits per heavy atom. The molecule has 1 aromatic rings. The molecular weight excluding hydrogens is 312 g/mol. The topological polar surface area (TPSA) is 49.4 Å². The second-order valence-corrected chi connectivity index (χ2v) is 6.80. The molecule has 0 amide bonds. The number of nitrogens with one attached hydrogen (secondary N) is 1. The molecule has 1 saturated heterocycles. The van der Waals surface area contributed by atoms with Crippen molar-refractivity contribution in [3.05, 3.63) is 29.6 Å². The van der Waals surface area contributed by atoms with Crippen molar-refractivity contribution in [2.45, 2.75) is 24.0 Å². The van der Waals surface area contributed by atoms with E-state index in [9.17, 15) is 26.0 Å². The van der Waals surface area contributed by atoms with Crippen molar-refractivity contribution < 1.29 is 26.0 Å². The molecule has 1 fully saturated rings. The number of halogens is 4. The molecule has 1 unspecified atom stereocenters. The number of alkyl halides is 3. The fourth-order valence-electron chi connectivity index (χ4n) is 2.15. The maximum atomic E-state index is 13.2. The molecule has 1 atom stereocenters. The molecule has 1 heterocycles. The minimum Gasteiger partial charge on any atom is -0.312 e. The molecule has 118 valence electrons. The van der Waals surface area contributed by atoms with Crippen LogP contribution in [0.1, 0.15) is 12.5 Å². The van der Waals surface area contributed by atoms with Gasteiger partial charge in [0.15, 0.2) is 0 Å². The smallest absolute Gasteiger partial charge is 0.312 e. The second kappa shape index (κ2) is 5.54. The van der Waals surface area contributed by atoms with Gasteiger partial charge in [0.25, 0.3) is 0 Å². The Labute approximate surface area is 119 Å². The van der Waals surface area contributed by atoms with Crippen molar-refractivity contribution >= 4 is 10.0 Å². The number of hydrogen-bond donors (Lipinski definition) is 1. The summed E-state index contributed by atoms with van der Waals surface area (Å²) in [5, 5.41) is 3.03. The van der Waals surface area contributed by atoms with Crippen LogP contribution in [0.3, 0.4) is 0 Å². The van der Waals surface area contributed by atoms with Gasteiger partial charge in [-0.05, 0) is 25.1 Å². The van der Waals surface area contributed by atoms with E-state index in [0.29, 0.717) is 18.7 Å². The quantitative estimate of drug-likeness (QED) is 0.844. The number of sulfonamides is 1. The lowest BCUT2D eigenvalue weighted by Gasteiger charge is -2.31. The Morgan fingerprint density at radius 3 is 2.57 bits per heavy atom. The van der Waals surface area contributed by atoms with Gasteiger partial charge in [0.1, 0.15) is 5.82 Å². The van der Waals surface area contributed by atoms with Crippen LogP contribution in [-0.2, 0) is 16.2 Å². The maximum Gasteiger partial charge on any atom is 0.419 e. The standard InChI is InChI=1S/C12H14F4N2O2S/c1-8-7-18(5-4-17-8)21(19,20)9-2-3-11(13)10(6-9)12(14,15)16/h2-3,6,8,17H,4-5,7H2,1H3. The normalized spacial score (nSPS) is 21.5. The third-order valence-corrected chi connectivity index (χ3v) is 5.07. The number of hydrogen-bond acceptors (Lipinski definition) is 3. The van der Waals surface area contributed by atoms with Gasteiger partial charge in [-0.2, -0.15) is 17.5 Å². The van der Waals surface area contributed by atoms with Crippen molar-refractivity contribution in [2.75, 3.05) is 19.6 Å². The molecule has 1 aromatic carbocycles. The van der Waals surface area contributed by atoms with Gasteiger partial charge in [0.2, 0.25) is 10.0 Å². The highest BCUT2D eigenvalue weighted by Gasteiger charge is 2.36. The zero-order valence-corrected chi connectivity index (χ0v) is 11.9. The van der Waals surface area contributed by atoms with E-state index in [0.717, 1.165) is 10.4 Å². The summed E-state index contributed by atoms with van der Waals surface area (Å²) < 4.78 is 77.0. The van der Waals surface area contributed by atoms with Crippen LogP contribution in [0.15, 0.2) is 23.1 Å². The highest BCUT2D eigenvalue weighted by molar-refractivity contribution is 7.89. The Bertz CT molecular complexity index is 631. The number of benzene rings is 1. The van der Waals surface area contributed by atoms with Gasteiger partial charge in [-0.3, -0.25) is 0 Å². The molecule has 1 N–H and O–H groups in total. The maximum absolute atomic E-state index is 13.2. The number of nitrogens with zero attached hydrogens (tertiary/aromatic N) is 1. The average Bonchev–Trinajstić information content (AvgIpc) is 2.37. The van der Waals surface area contributed by atoms with Crippen LogP contribution in [0, 0.1) is 5.82 Å². The zero-order chi connectivity index (χ0) is 15.8. The third kappa shape index (κ3) is 3.35. The van der Waals surface area contributed by atoms with Crippen LogP contribution in [0.2, 0.25) is 0 Å². The molecule has 0 aromatic heterocycles. The van der Waals surface area contributed by atoms with Crippen molar-refractivity contribution in [2.24, 2.45) is 0 Å². The molecule has 4 nitrogen and oxygen atoms in total. The molecule has 0 spiro atoms. The Hall–Kier alpha value is -1.19. The molecule has 1 aliphatic heterocycles. The second-order valence-electron chi connectivity index (χ2n) is 4.86. The number of piperazine rings is 1. The van der Waals surface area contributed by atoms with Gasteiger partial charge in [0, 0.05) is 25.7 Å². The van der Waals surface area contributed by atoms with E-state index >= 15 is 0 Å². The van der Waals surface area contributed by atoms with Crippen LogP contribution in [0.25, 0.3) is 0 Å². The lowest BCUT2D eigenvalue weighted by molar-refractivity contribution is -0.140. The minimum absolute atomic E-state index is 0.101. The van der Waals surface area contributed by atoms with Gasteiger partial charge >= 0.3 is 6.18 Å². The van der Waals surface area contributed by atoms with Crippen LogP contribution >= 0.6 is 0 Å². The summed E-state index contributed by atoms with van der Waals surface area (Å²) in [6, 6.07) is 1.63. The molecule has 21 heavy (non-hydrogen) atoms. The van der Waals surface area contributed by atoms with Gasteiger partial charge in [-0.15, -0.1) is 0 Å². The predicted octanol–water partition coefficient (Wildman–Crippen LogP) is 1.83. The molecule has 0 aliphatic carbocycles. The highest BCUT2D eigenvalue weighted by atomic mass is 32.2. The van der Waals surface area contributed by atoms with Crippen molar-refractivity contribution in [3.8, 4) is 0 Å². The Balaban J connectivity index is 2.41. The summed E-state index contributed by atoms with van der Waals surface area (Å²) in [5.74, 6) is -1.49. The highest BCUT2D eigenvalue weighted by Crippen LogP contribution is 2.33.